The van der Waals surface area contributed by atoms with E-state index in [1.807, 2.05) is 0 Å². The Kier molecular flexibility index (Phi) is 2.89. The second kappa shape index (κ2) is 4.34. The molecule has 6 heteroatoms. The summed E-state index contributed by atoms with van der Waals surface area (Å²) >= 11 is 0. The van der Waals surface area contributed by atoms with Crippen LogP contribution in [-0.2, 0) is 9.59 Å². The predicted octanol–water partition coefficient (Wildman–Crippen LogP) is 1.11. The van der Waals surface area contributed by atoms with E-state index in [1.54, 1.807) is 6.07 Å². The normalized spacial score (nSPS) is 24.2. The van der Waals surface area contributed by atoms with Crippen LogP contribution in [0.4, 0.5) is 5.82 Å². The van der Waals surface area contributed by atoms with E-state index in [4.69, 9.17) is 5.11 Å². The summed E-state index contributed by atoms with van der Waals surface area (Å²) in [5, 5.41) is 15.0. The summed E-state index contributed by atoms with van der Waals surface area (Å²) in [6.45, 7) is 0. The smallest absolute Gasteiger partial charge is 0.306 e. The number of nitrogens with one attached hydrogen (secondary N) is 1. The van der Waals surface area contributed by atoms with Gasteiger partial charge in [0.05, 0.1) is 5.92 Å². The fourth-order valence-electron chi connectivity index (χ4n) is 1.95. The largest absolute Gasteiger partial charge is 0.481 e. The van der Waals surface area contributed by atoms with Gasteiger partial charge in [0.2, 0.25) is 5.91 Å². The molecule has 1 fully saturated rings. The van der Waals surface area contributed by atoms with Crippen molar-refractivity contribution >= 4 is 17.7 Å². The molecule has 1 aliphatic carbocycles. The molecule has 0 aromatic carbocycles. The van der Waals surface area contributed by atoms with Gasteiger partial charge in [0.15, 0.2) is 5.82 Å². The fraction of sp³-hybridized carbons (Fsp3) is 0.500. The molecule has 1 amide bonds. The van der Waals surface area contributed by atoms with Gasteiger partial charge in [0.1, 0.15) is 6.26 Å². The molecule has 1 aromatic heterocycles. The molecule has 86 valence electrons. The Balaban J connectivity index is 1.90. The zero-order valence-electron chi connectivity index (χ0n) is 8.55. The van der Waals surface area contributed by atoms with Gasteiger partial charge in [-0.2, -0.15) is 0 Å². The minimum absolute atomic E-state index is 0.183. The van der Waals surface area contributed by atoms with Crippen molar-refractivity contribution in [2.24, 2.45) is 11.8 Å². The summed E-state index contributed by atoms with van der Waals surface area (Å²) in [5.41, 5.74) is 0. The molecule has 0 aliphatic heterocycles. The lowest BCUT2D eigenvalue weighted by Gasteiger charge is -2.07. The van der Waals surface area contributed by atoms with Gasteiger partial charge in [-0.05, 0) is 19.3 Å². The van der Waals surface area contributed by atoms with Gasteiger partial charge in [0, 0.05) is 12.0 Å². The number of aliphatic carboxylic acids is 1. The van der Waals surface area contributed by atoms with Crippen molar-refractivity contribution in [3.63, 3.8) is 0 Å². The number of hydrogen-bond acceptors (Lipinski definition) is 4. The van der Waals surface area contributed by atoms with Crippen molar-refractivity contribution in [3.05, 3.63) is 12.3 Å². The number of anilines is 1. The number of rotatable bonds is 3. The van der Waals surface area contributed by atoms with Crippen LogP contribution in [0.1, 0.15) is 19.3 Å². The first kappa shape index (κ1) is 10.7. The predicted molar refractivity (Wildman–Crippen MR) is 53.6 cm³/mol. The fourth-order valence-corrected chi connectivity index (χ4v) is 1.95. The maximum Gasteiger partial charge on any atom is 0.306 e. The van der Waals surface area contributed by atoms with Gasteiger partial charge in [-0.3, -0.25) is 9.59 Å². The van der Waals surface area contributed by atoms with Crippen molar-refractivity contribution < 1.29 is 19.2 Å². The first-order valence-corrected chi connectivity index (χ1v) is 5.11. The second-order valence-corrected chi connectivity index (χ2v) is 3.92. The standard InChI is InChI=1S/C10H12N2O4/c13-9(11-8-3-4-16-12-8)6-1-2-7(5-6)10(14)15/h3-4,6-7H,1-2,5H2,(H,14,15)(H,11,12,13)/t6-,7+/m1/s1. The maximum atomic E-state index is 11.7. The molecule has 0 bridgehead atoms. The first-order valence-electron chi connectivity index (χ1n) is 5.11. The number of aromatic nitrogens is 1. The molecule has 0 saturated heterocycles. The minimum atomic E-state index is -0.822. The van der Waals surface area contributed by atoms with Crippen LogP contribution >= 0.6 is 0 Å². The summed E-state index contributed by atoms with van der Waals surface area (Å²) in [6, 6.07) is 1.54. The van der Waals surface area contributed by atoms with Crippen molar-refractivity contribution in [3.8, 4) is 0 Å². The number of carboxylic acids is 1. The van der Waals surface area contributed by atoms with Crippen molar-refractivity contribution in [1.29, 1.82) is 0 Å². The molecule has 0 unspecified atom stereocenters. The Labute approximate surface area is 91.6 Å². The highest BCUT2D eigenvalue weighted by atomic mass is 16.5. The van der Waals surface area contributed by atoms with E-state index in [9.17, 15) is 9.59 Å². The Morgan fingerprint density at radius 1 is 1.44 bits per heavy atom. The topological polar surface area (TPSA) is 92.4 Å². The average Bonchev–Trinajstić information content (AvgIpc) is 2.86. The van der Waals surface area contributed by atoms with E-state index >= 15 is 0 Å². The molecule has 2 N–H and O–H groups in total. The van der Waals surface area contributed by atoms with Crippen LogP contribution in [0.3, 0.4) is 0 Å². The quantitative estimate of drug-likeness (QED) is 0.802. The summed E-state index contributed by atoms with van der Waals surface area (Å²) < 4.78 is 4.58. The molecule has 2 rings (SSSR count). The van der Waals surface area contributed by atoms with Crippen LogP contribution in [0.5, 0.6) is 0 Å². The molecule has 16 heavy (non-hydrogen) atoms. The van der Waals surface area contributed by atoms with Crippen LogP contribution in [-0.4, -0.2) is 22.1 Å². The third-order valence-corrected chi connectivity index (χ3v) is 2.84. The van der Waals surface area contributed by atoms with Crippen LogP contribution < -0.4 is 5.32 Å². The number of carbonyl (C=O) groups is 2. The van der Waals surface area contributed by atoms with Gasteiger partial charge >= 0.3 is 5.97 Å². The first-order chi connectivity index (χ1) is 7.66. The van der Waals surface area contributed by atoms with Crippen LogP contribution in [0.15, 0.2) is 16.9 Å². The molecular weight excluding hydrogens is 212 g/mol. The monoisotopic (exact) mass is 224 g/mol. The molecule has 1 aromatic rings. The van der Waals surface area contributed by atoms with E-state index in [0.29, 0.717) is 25.1 Å². The summed E-state index contributed by atoms with van der Waals surface area (Å²) in [5.74, 6) is -1.27. The lowest BCUT2D eigenvalue weighted by atomic mass is 10.0. The van der Waals surface area contributed by atoms with Crippen molar-refractivity contribution in [2.45, 2.75) is 19.3 Å². The second-order valence-electron chi connectivity index (χ2n) is 3.92. The third-order valence-electron chi connectivity index (χ3n) is 2.84. The molecule has 0 spiro atoms. The Morgan fingerprint density at radius 3 is 2.75 bits per heavy atom. The molecule has 1 heterocycles. The molecule has 6 nitrogen and oxygen atoms in total. The molecule has 1 saturated carbocycles. The zero-order valence-corrected chi connectivity index (χ0v) is 8.55. The van der Waals surface area contributed by atoms with Gasteiger partial charge < -0.3 is 14.9 Å². The molecular formula is C10H12N2O4. The Bertz CT molecular complexity index is 388. The van der Waals surface area contributed by atoms with Crippen molar-refractivity contribution in [1.82, 2.24) is 5.16 Å². The summed E-state index contributed by atoms with van der Waals surface area (Å²) in [7, 11) is 0. The lowest BCUT2D eigenvalue weighted by Crippen LogP contribution is -2.21. The van der Waals surface area contributed by atoms with E-state index in [-0.39, 0.29) is 11.8 Å². The summed E-state index contributed by atoms with van der Waals surface area (Å²) in [4.78, 5) is 22.4. The number of carboxylic acid groups (broad SMARTS) is 1. The van der Waals surface area contributed by atoms with Gasteiger partial charge in [-0.1, -0.05) is 5.16 Å². The van der Waals surface area contributed by atoms with Crippen LogP contribution in [0.2, 0.25) is 0 Å². The van der Waals surface area contributed by atoms with E-state index < -0.39 is 11.9 Å². The summed E-state index contributed by atoms with van der Waals surface area (Å²) in [6.07, 6.45) is 2.94. The molecule has 0 radical (unpaired) electrons. The van der Waals surface area contributed by atoms with E-state index in [2.05, 4.69) is 15.0 Å². The Hall–Kier alpha value is -1.85. The number of carbonyl (C=O) groups excluding carboxylic acids is 1. The highest BCUT2D eigenvalue weighted by Gasteiger charge is 2.33. The van der Waals surface area contributed by atoms with E-state index in [0.717, 1.165) is 0 Å². The highest BCUT2D eigenvalue weighted by molar-refractivity contribution is 5.92. The number of nitrogens with zero attached hydrogens (tertiary/aromatic N) is 1. The third kappa shape index (κ3) is 2.21. The lowest BCUT2D eigenvalue weighted by molar-refractivity contribution is -0.141. The highest BCUT2D eigenvalue weighted by Crippen LogP contribution is 2.31. The molecule has 1 aliphatic rings. The van der Waals surface area contributed by atoms with E-state index in [1.165, 1.54) is 6.26 Å². The Morgan fingerprint density at radius 2 is 2.19 bits per heavy atom. The van der Waals surface area contributed by atoms with Crippen molar-refractivity contribution in [2.75, 3.05) is 5.32 Å². The average molecular weight is 224 g/mol. The van der Waals surface area contributed by atoms with Crippen LogP contribution in [0, 0.1) is 11.8 Å². The maximum absolute atomic E-state index is 11.7. The number of hydrogen-bond donors (Lipinski definition) is 2. The van der Waals surface area contributed by atoms with Gasteiger partial charge in [-0.15, -0.1) is 0 Å². The zero-order chi connectivity index (χ0) is 11.5. The SMILES string of the molecule is O=C(O)[C@H]1CC[C@@H](C(=O)Nc2ccon2)C1. The molecule has 2 atom stereocenters. The van der Waals surface area contributed by atoms with Crippen LogP contribution in [0.25, 0.3) is 0 Å². The van der Waals surface area contributed by atoms with Gasteiger partial charge in [-0.25, -0.2) is 0 Å². The minimum Gasteiger partial charge on any atom is -0.481 e. The number of amides is 1. The van der Waals surface area contributed by atoms with Gasteiger partial charge in [0.25, 0.3) is 0 Å².